The van der Waals surface area contributed by atoms with Crippen LogP contribution in [0.15, 0.2) is 42.5 Å². The van der Waals surface area contributed by atoms with Crippen molar-refractivity contribution in [2.24, 2.45) is 5.92 Å². The van der Waals surface area contributed by atoms with Gasteiger partial charge in [0, 0.05) is 23.1 Å². The van der Waals surface area contributed by atoms with Gasteiger partial charge in [-0.25, -0.2) is 22.0 Å². The lowest BCUT2D eigenvalue weighted by molar-refractivity contribution is -0.155. The van der Waals surface area contributed by atoms with E-state index in [1.165, 1.54) is 25.1 Å². The summed E-state index contributed by atoms with van der Waals surface area (Å²) in [5, 5.41) is 0. The van der Waals surface area contributed by atoms with Gasteiger partial charge in [-0.3, -0.25) is 4.79 Å². The Morgan fingerprint density at radius 3 is 2.02 bits per heavy atom. The van der Waals surface area contributed by atoms with Gasteiger partial charge in [0.1, 0.15) is 6.10 Å². The first-order chi connectivity index (χ1) is 20.6. The third kappa shape index (κ3) is 6.17. The van der Waals surface area contributed by atoms with E-state index in [0.717, 1.165) is 6.07 Å². The van der Waals surface area contributed by atoms with Gasteiger partial charge in [0.15, 0.2) is 34.8 Å². The zero-order chi connectivity index (χ0) is 30.8. The molecule has 1 fully saturated rings. The van der Waals surface area contributed by atoms with E-state index < -0.39 is 52.1 Å². The van der Waals surface area contributed by atoms with E-state index in [4.69, 9.17) is 9.47 Å². The first-order valence-electron chi connectivity index (χ1n) is 14.5. The maximum absolute atomic E-state index is 15.1. The van der Waals surface area contributed by atoms with Gasteiger partial charge in [0.2, 0.25) is 5.82 Å². The largest absolute Gasteiger partial charge is 0.491 e. The molecule has 0 amide bonds. The minimum absolute atomic E-state index is 0.0101. The fourth-order valence-electron chi connectivity index (χ4n) is 6.05. The molecule has 0 bridgehead atoms. The average molecular weight is 603 g/mol. The molecule has 1 atom stereocenters. The van der Waals surface area contributed by atoms with Gasteiger partial charge in [-0.15, -0.1) is 0 Å². The molecule has 43 heavy (non-hydrogen) atoms. The molecule has 2 aliphatic rings. The highest BCUT2D eigenvalue weighted by molar-refractivity contribution is 5.74. The molecular weight excluding hydrogens is 570 g/mol. The molecule has 0 heterocycles. The summed E-state index contributed by atoms with van der Waals surface area (Å²) < 4.78 is 98.4. The zero-order valence-electron chi connectivity index (χ0n) is 23.9. The number of rotatable bonds is 7. The molecule has 5 rings (SSSR count). The number of ether oxygens (including phenoxy) is 2. The summed E-state index contributed by atoms with van der Waals surface area (Å²) >= 11 is 0. The van der Waals surface area contributed by atoms with Gasteiger partial charge in [-0.1, -0.05) is 30.3 Å². The van der Waals surface area contributed by atoms with Crippen molar-refractivity contribution >= 4 is 11.5 Å². The van der Waals surface area contributed by atoms with E-state index in [9.17, 15) is 22.4 Å². The summed E-state index contributed by atoms with van der Waals surface area (Å²) in [5.41, 5.74) is 0.308. The van der Waals surface area contributed by atoms with Crippen LogP contribution in [0.3, 0.4) is 0 Å². The summed E-state index contributed by atoms with van der Waals surface area (Å²) in [6.07, 6.45) is 4.40. The van der Waals surface area contributed by atoms with Crippen molar-refractivity contribution in [2.75, 3.05) is 6.61 Å². The highest BCUT2D eigenvalue weighted by Crippen LogP contribution is 2.40. The Morgan fingerprint density at radius 2 is 1.37 bits per heavy atom. The Morgan fingerprint density at radius 1 is 0.744 bits per heavy atom. The van der Waals surface area contributed by atoms with Crippen LogP contribution in [0, 0.1) is 47.7 Å². The lowest BCUT2D eigenvalue weighted by Gasteiger charge is -2.30. The third-order valence-corrected chi connectivity index (χ3v) is 8.52. The summed E-state index contributed by atoms with van der Waals surface area (Å²) in [6.45, 7) is 3.24. The van der Waals surface area contributed by atoms with Crippen LogP contribution in [0.25, 0.3) is 16.7 Å². The molecule has 0 spiro atoms. The summed E-state index contributed by atoms with van der Waals surface area (Å²) in [7, 11) is 0. The van der Waals surface area contributed by atoms with Crippen molar-refractivity contribution in [3.63, 3.8) is 0 Å². The van der Waals surface area contributed by atoms with Crippen LogP contribution in [0.5, 0.6) is 5.75 Å². The Labute approximate surface area is 246 Å². The number of hydrogen-bond acceptors (Lipinski definition) is 3. The molecule has 3 aromatic carbocycles. The molecule has 3 aromatic rings. The Bertz CT molecular complexity index is 1560. The number of carbonyl (C=O) groups is 1. The van der Waals surface area contributed by atoms with Crippen LogP contribution in [0.2, 0.25) is 0 Å². The molecule has 0 N–H and O–H groups in total. The van der Waals surface area contributed by atoms with Crippen LogP contribution in [0.1, 0.15) is 74.5 Å². The van der Waals surface area contributed by atoms with Crippen LogP contribution >= 0.6 is 0 Å². The predicted molar refractivity (Wildman–Crippen MR) is 150 cm³/mol. The molecule has 1 unspecified atom stereocenters. The third-order valence-electron chi connectivity index (χ3n) is 8.52. The van der Waals surface area contributed by atoms with Crippen LogP contribution < -0.4 is 4.74 Å². The van der Waals surface area contributed by atoms with Crippen molar-refractivity contribution in [3.8, 4) is 16.9 Å². The highest BCUT2D eigenvalue weighted by atomic mass is 19.2. The molecule has 2 aliphatic carbocycles. The summed E-state index contributed by atoms with van der Waals surface area (Å²) in [4.78, 5) is 12.9. The van der Waals surface area contributed by atoms with Crippen molar-refractivity contribution < 1.29 is 40.6 Å². The van der Waals surface area contributed by atoms with Gasteiger partial charge in [-0.2, -0.15) is 4.39 Å². The van der Waals surface area contributed by atoms with E-state index in [2.05, 4.69) is 0 Å². The topological polar surface area (TPSA) is 35.5 Å². The smallest absolute Gasteiger partial charge is 0.309 e. The molecule has 0 aromatic heterocycles. The lowest BCUT2D eigenvalue weighted by Crippen LogP contribution is -2.28. The minimum Gasteiger partial charge on any atom is -0.491 e. The lowest BCUT2D eigenvalue weighted by atomic mass is 9.78. The number of esters is 1. The van der Waals surface area contributed by atoms with Crippen LogP contribution in [0.4, 0.5) is 26.3 Å². The van der Waals surface area contributed by atoms with Crippen molar-refractivity contribution in [1.29, 1.82) is 0 Å². The number of hydrogen-bond donors (Lipinski definition) is 0. The van der Waals surface area contributed by atoms with E-state index >= 15 is 8.78 Å². The van der Waals surface area contributed by atoms with Crippen molar-refractivity contribution in [2.45, 2.75) is 70.8 Å². The number of benzene rings is 3. The van der Waals surface area contributed by atoms with Gasteiger partial charge < -0.3 is 9.47 Å². The predicted octanol–water partition coefficient (Wildman–Crippen LogP) is 9.35. The SMILES string of the molecule is CCOc1ccc(-c2ccc(C3=CCC(OC(=O)C4CCC(c5ccc(C)c(F)c5F)CC4)CC3)c(F)c2F)c(F)c1F. The normalized spacial score (nSPS) is 20.5. The van der Waals surface area contributed by atoms with Crippen molar-refractivity contribution in [1.82, 2.24) is 0 Å². The second-order valence-electron chi connectivity index (χ2n) is 11.2. The maximum atomic E-state index is 15.1. The Kier molecular flexibility index (Phi) is 9.18. The van der Waals surface area contributed by atoms with E-state index in [1.54, 1.807) is 25.1 Å². The maximum Gasteiger partial charge on any atom is 0.309 e. The number of allylic oxidation sites excluding steroid dienone is 1. The van der Waals surface area contributed by atoms with Gasteiger partial charge >= 0.3 is 5.97 Å². The fraction of sp³-hybridized carbons (Fsp3) is 0.382. The summed E-state index contributed by atoms with van der Waals surface area (Å²) in [6, 6.07) is 8.05. The number of carbonyl (C=O) groups excluding carboxylic acids is 1. The van der Waals surface area contributed by atoms with E-state index in [1.807, 2.05) is 0 Å². The molecule has 0 aliphatic heterocycles. The van der Waals surface area contributed by atoms with Gasteiger partial charge in [0.25, 0.3) is 0 Å². The molecule has 9 heteroatoms. The second kappa shape index (κ2) is 12.9. The Balaban J connectivity index is 1.20. The number of halogens is 6. The zero-order valence-corrected chi connectivity index (χ0v) is 23.9. The highest BCUT2D eigenvalue weighted by Gasteiger charge is 2.32. The molecule has 1 saturated carbocycles. The fourth-order valence-corrected chi connectivity index (χ4v) is 6.05. The molecule has 0 saturated heterocycles. The van der Waals surface area contributed by atoms with Gasteiger partial charge in [-0.05, 0) is 87.1 Å². The van der Waals surface area contributed by atoms with Gasteiger partial charge in [0.05, 0.1) is 12.5 Å². The standard InChI is InChI=1S/C34H32F6O3/c1-3-42-27-17-16-26(32(39)33(27)40)25-15-14-24(30(37)31(25)38)20-9-11-22(12-10-20)43-34(41)21-7-5-19(6-8-21)23-13-4-18(2)28(35)29(23)36/h4,9,13-17,19,21-22H,3,5-8,10-12H2,1-2H3. The van der Waals surface area contributed by atoms with E-state index in [-0.39, 0.29) is 41.3 Å². The monoisotopic (exact) mass is 602 g/mol. The Hall–Kier alpha value is -3.75. The van der Waals surface area contributed by atoms with Crippen LogP contribution in [-0.2, 0) is 9.53 Å². The first kappa shape index (κ1) is 30.7. The summed E-state index contributed by atoms with van der Waals surface area (Å²) in [5.74, 6) is -7.89. The number of aryl methyl sites for hydroxylation is 1. The molecular formula is C34H32F6O3. The molecule has 0 radical (unpaired) electrons. The quantitative estimate of drug-likeness (QED) is 0.200. The van der Waals surface area contributed by atoms with Crippen molar-refractivity contribution in [3.05, 3.63) is 94.1 Å². The molecule has 228 valence electrons. The first-order valence-corrected chi connectivity index (χ1v) is 14.5. The second-order valence-corrected chi connectivity index (χ2v) is 11.2. The van der Waals surface area contributed by atoms with Crippen LogP contribution in [-0.4, -0.2) is 18.7 Å². The minimum atomic E-state index is -1.33. The average Bonchev–Trinajstić information content (AvgIpc) is 3.01. The molecule has 3 nitrogen and oxygen atoms in total. The van der Waals surface area contributed by atoms with E-state index in [0.29, 0.717) is 56.1 Å².